The van der Waals surface area contributed by atoms with Crippen molar-refractivity contribution in [2.24, 2.45) is 0 Å². The summed E-state index contributed by atoms with van der Waals surface area (Å²) in [6, 6.07) is 10.2. The van der Waals surface area contributed by atoms with E-state index >= 15 is 0 Å². The summed E-state index contributed by atoms with van der Waals surface area (Å²) in [5, 5.41) is 3.86. The molecule has 6 nitrogen and oxygen atoms in total. The van der Waals surface area contributed by atoms with Crippen molar-refractivity contribution in [2.45, 2.75) is 33.1 Å². The Kier molecular flexibility index (Phi) is 6.06. The number of ether oxygens (including phenoxy) is 1. The van der Waals surface area contributed by atoms with E-state index in [1.54, 1.807) is 4.90 Å². The third kappa shape index (κ3) is 4.84. The molecule has 3 rings (SSSR count). The van der Waals surface area contributed by atoms with Crippen LogP contribution in [0.1, 0.15) is 35.4 Å². The fraction of sp³-hybridized carbons (Fsp3) is 0.381. The van der Waals surface area contributed by atoms with E-state index in [0.29, 0.717) is 25.3 Å². The zero-order valence-corrected chi connectivity index (χ0v) is 15.7. The molecule has 1 aromatic carbocycles. The van der Waals surface area contributed by atoms with Crippen molar-refractivity contribution < 1.29 is 18.8 Å². The number of benzene rings is 1. The summed E-state index contributed by atoms with van der Waals surface area (Å²) in [5.74, 6) is 0.163. The number of carbonyl (C=O) groups is 2. The van der Waals surface area contributed by atoms with E-state index in [1.807, 2.05) is 32.0 Å². The predicted octanol–water partition coefficient (Wildman–Crippen LogP) is 3.08. The smallest absolute Gasteiger partial charge is 0.306 e. The third-order valence-corrected chi connectivity index (χ3v) is 4.82. The molecule has 2 aromatic rings. The number of aromatic nitrogens is 1. The van der Waals surface area contributed by atoms with E-state index in [0.717, 1.165) is 17.7 Å². The number of amides is 1. The quantitative estimate of drug-likeness (QED) is 0.733. The molecule has 0 bridgehead atoms. The molecule has 0 N–H and O–H groups in total. The fourth-order valence-corrected chi connectivity index (χ4v) is 3.20. The first-order chi connectivity index (χ1) is 13.0. The van der Waals surface area contributed by atoms with Gasteiger partial charge in [0.05, 0.1) is 5.69 Å². The Hall–Kier alpha value is -2.89. The lowest BCUT2D eigenvalue weighted by Crippen LogP contribution is -2.37. The SMILES string of the molecule is Cc1noc(C)c1CCC(=O)OCC(=O)N1CC=C(c2ccccc2)CC1. The summed E-state index contributed by atoms with van der Waals surface area (Å²) in [4.78, 5) is 25.9. The molecule has 142 valence electrons. The second-order valence-corrected chi connectivity index (χ2v) is 6.65. The third-order valence-electron chi connectivity index (χ3n) is 4.82. The summed E-state index contributed by atoms with van der Waals surface area (Å²) in [6.07, 6.45) is 3.57. The summed E-state index contributed by atoms with van der Waals surface area (Å²) in [7, 11) is 0. The van der Waals surface area contributed by atoms with Gasteiger partial charge in [-0.3, -0.25) is 9.59 Å². The van der Waals surface area contributed by atoms with Crippen LogP contribution < -0.4 is 0 Å². The van der Waals surface area contributed by atoms with Crippen LogP contribution in [0.2, 0.25) is 0 Å². The van der Waals surface area contributed by atoms with Crippen molar-refractivity contribution in [1.82, 2.24) is 10.1 Å². The highest BCUT2D eigenvalue weighted by atomic mass is 16.5. The average Bonchev–Trinajstić information content (AvgIpc) is 3.03. The van der Waals surface area contributed by atoms with E-state index in [9.17, 15) is 9.59 Å². The summed E-state index contributed by atoms with van der Waals surface area (Å²) >= 11 is 0. The molecule has 0 atom stereocenters. The van der Waals surface area contributed by atoms with Gasteiger partial charge < -0.3 is 14.2 Å². The molecule has 0 fully saturated rings. The molecule has 1 aliphatic heterocycles. The standard InChI is InChI=1S/C21H24N2O4/c1-15-19(16(2)27-22-15)8-9-21(25)26-14-20(24)23-12-10-18(11-13-23)17-6-4-3-5-7-17/h3-7,10H,8-9,11-14H2,1-2H3. The summed E-state index contributed by atoms with van der Waals surface area (Å²) in [5.41, 5.74) is 4.14. The number of hydrogen-bond acceptors (Lipinski definition) is 5. The minimum Gasteiger partial charge on any atom is -0.456 e. The van der Waals surface area contributed by atoms with Gasteiger partial charge in [-0.2, -0.15) is 0 Å². The van der Waals surface area contributed by atoms with Crippen molar-refractivity contribution >= 4 is 17.4 Å². The van der Waals surface area contributed by atoms with Crippen LogP contribution in [-0.4, -0.2) is 41.6 Å². The van der Waals surface area contributed by atoms with E-state index in [4.69, 9.17) is 9.26 Å². The molecule has 6 heteroatoms. The number of carbonyl (C=O) groups excluding carboxylic acids is 2. The number of nitrogens with zero attached hydrogens (tertiary/aromatic N) is 2. The Morgan fingerprint density at radius 1 is 1.22 bits per heavy atom. The molecular formula is C21H24N2O4. The second-order valence-electron chi connectivity index (χ2n) is 6.65. The zero-order valence-electron chi connectivity index (χ0n) is 15.7. The molecule has 0 saturated carbocycles. The van der Waals surface area contributed by atoms with Crippen LogP contribution >= 0.6 is 0 Å². The van der Waals surface area contributed by atoms with Crippen LogP contribution in [0.5, 0.6) is 0 Å². The minimum atomic E-state index is -0.388. The highest BCUT2D eigenvalue weighted by Gasteiger charge is 2.19. The molecule has 0 spiro atoms. The summed E-state index contributed by atoms with van der Waals surface area (Å²) < 4.78 is 10.2. The number of hydrogen-bond donors (Lipinski definition) is 0. The average molecular weight is 368 g/mol. The zero-order chi connectivity index (χ0) is 19.2. The molecule has 0 aliphatic carbocycles. The lowest BCUT2D eigenvalue weighted by molar-refractivity contribution is -0.151. The van der Waals surface area contributed by atoms with Crippen LogP contribution in [0.25, 0.3) is 5.57 Å². The molecule has 0 unspecified atom stereocenters. The molecule has 0 radical (unpaired) electrons. The van der Waals surface area contributed by atoms with Crippen molar-refractivity contribution in [1.29, 1.82) is 0 Å². The molecule has 1 aliphatic rings. The lowest BCUT2D eigenvalue weighted by Gasteiger charge is -2.26. The van der Waals surface area contributed by atoms with E-state index in [1.165, 1.54) is 11.1 Å². The largest absolute Gasteiger partial charge is 0.456 e. The van der Waals surface area contributed by atoms with Gasteiger partial charge >= 0.3 is 5.97 Å². The van der Waals surface area contributed by atoms with Gasteiger partial charge in [-0.1, -0.05) is 41.6 Å². The molecule has 27 heavy (non-hydrogen) atoms. The van der Waals surface area contributed by atoms with Crippen molar-refractivity contribution in [2.75, 3.05) is 19.7 Å². The van der Waals surface area contributed by atoms with Gasteiger partial charge in [0.1, 0.15) is 5.76 Å². The second kappa shape index (κ2) is 8.66. The number of rotatable bonds is 6. The van der Waals surface area contributed by atoms with E-state index < -0.39 is 0 Å². The van der Waals surface area contributed by atoms with Gasteiger partial charge in [-0.25, -0.2) is 0 Å². The Morgan fingerprint density at radius 3 is 2.63 bits per heavy atom. The first-order valence-corrected chi connectivity index (χ1v) is 9.14. The lowest BCUT2D eigenvalue weighted by atomic mass is 10.00. The maximum absolute atomic E-state index is 12.3. The molecule has 2 heterocycles. The van der Waals surface area contributed by atoms with Crippen molar-refractivity contribution in [3.63, 3.8) is 0 Å². The first kappa shape index (κ1) is 18.9. The van der Waals surface area contributed by atoms with Crippen LogP contribution in [-0.2, 0) is 20.7 Å². The van der Waals surface area contributed by atoms with Gasteiger partial charge in [-0.05, 0) is 37.8 Å². The monoisotopic (exact) mass is 368 g/mol. The van der Waals surface area contributed by atoms with Gasteiger partial charge in [0.2, 0.25) is 0 Å². The van der Waals surface area contributed by atoms with Gasteiger partial charge in [0, 0.05) is 25.1 Å². The fourth-order valence-electron chi connectivity index (χ4n) is 3.20. The van der Waals surface area contributed by atoms with Crippen molar-refractivity contribution in [3.05, 3.63) is 59.0 Å². The van der Waals surface area contributed by atoms with Gasteiger partial charge in [-0.15, -0.1) is 0 Å². The van der Waals surface area contributed by atoms with E-state index in [2.05, 4.69) is 23.4 Å². The Morgan fingerprint density at radius 2 is 2.00 bits per heavy atom. The molecule has 1 amide bonds. The number of esters is 1. The van der Waals surface area contributed by atoms with Crippen LogP contribution in [0.3, 0.4) is 0 Å². The van der Waals surface area contributed by atoms with Crippen LogP contribution in [0, 0.1) is 13.8 Å². The maximum Gasteiger partial charge on any atom is 0.306 e. The van der Waals surface area contributed by atoms with Crippen molar-refractivity contribution in [3.8, 4) is 0 Å². The summed E-state index contributed by atoms with van der Waals surface area (Å²) in [6.45, 7) is 4.62. The number of aryl methyl sites for hydroxylation is 2. The maximum atomic E-state index is 12.3. The normalized spacial score (nSPS) is 14.0. The Balaban J connectivity index is 1.43. The van der Waals surface area contributed by atoms with Crippen LogP contribution in [0.15, 0.2) is 40.9 Å². The predicted molar refractivity (Wildman–Crippen MR) is 101 cm³/mol. The van der Waals surface area contributed by atoms with Gasteiger partial charge in [0.15, 0.2) is 6.61 Å². The Labute approximate surface area is 158 Å². The van der Waals surface area contributed by atoms with Crippen LogP contribution in [0.4, 0.5) is 0 Å². The Bertz CT molecular complexity index is 820. The topological polar surface area (TPSA) is 72.6 Å². The van der Waals surface area contributed by atoms with Gasteiger partial charge in [0.25, 0.3) is 5.91 Å². The van der Waals surface area contributed by atoms with E-state index in [-0.39, 0.29) is 24.9 Å². The molecule has 0 saturated heterocycles. The molecular weight excluding hydrogens is 344 g/mol. The molecule has 1 aromatic heterocycles. The minimum absolute atomic E-state index is 0.163. The first-order valence-electron chi connectivity index (χ1n) is 9.14. The highest BCUT2D eigenvalue weighted by Crippen LogP contribution is 2.22. The highest BCUT2D eigenvalue weighted by molar-refractivity contribution is 5.82.